The maximum Gasteiger partial charge on any atom is 0.243 e. The lowest BCUT2D eigenvalue weighted by atomic mass is 10.2. The fourth-order valence-corrected chi connectivity index (χ4v) is 1.40. The summed E-state index contributed by atoms with van der Waals surface area (Å²) in [6.45, 7) is 2.07. The second-order valence-corrected chi connectivity index (χ2v) is 3.44. The molecule has 2 aromatic heterocycles. The third kappa shape index (κ3) is 2.07. The first-order valence-electron chi connectivity index (χ1n) is 5.04. The number of hydrogen-bond acceptors (Lipinski definition) is 4. The highest BCUT2D eigenvalue weighted by molar-refractivity contribution is 5.47. The number of rotatable bonds is 4. The predicted octanol–water partition coefficient (Wildman–Crippen LogP) is 1.86. The first-order chi connectivity index (χ1) is 7.31. The normalized spacial score (nSPS) is 12.9. The largest absolute Gasteiger partial charge is 0.359 e. The van der Waals surface area contributed by atoms with E-state index in [0.29, 0.717) is 11.7 Å². The summed E-state index contributed by atoms with van der Waals surface area (Å²) in [6.07, 6.45) is 3.67. The molecule has 80 valence electrons. The lowest BCUT2D eigenvalue weighted by molar-refractivity contribution is 0.348. The molecule has 0 unspecified atom stereocenters. The zero-order valence-electron chi connectivity index (χ0n) is 8.60. The summed E-state index contributed by atoms with van der Waals surface area (Å²) < 4.78 is 5.10. The molecule has 2 aromatic rings. The van der Waals surface area contributed by atoms with Crippen LogP contribution in [0.1, 0.15) is 31.7 Å². The summed E-state index contributed by atoms with van der Waals surface area (Å²) in [4.78, 5) is 7.25. The van der Waals surface area contributed by atoms with Crippen molar-refractivity contribution < 1.29 is 4.52 Å². The molecule has 2 rings (SSSR count). The number of nitrogens with one attached hydrogen (secondary N) is 1. The van der Waals surface area contributed by atoms with E-state index in [4.69, 9.17) is 10.3 Å². The minimum Gasteiger partial charge on any atom is -0.359 e. The van der Waals surface area contributed by atoms with Gasteiger partial charge in [-0.05, 0) is 18.6 Å². The van der Waals surface area contributed by atoms with Crippen molar-refractivity contribution in [2.45, 2.75) is 25.8 Å². The van der Waals surface area contributed by atoms with Crippen LogP contribution in [0, 0.1) is 0 Å². The summed E-state index contributed by atoms with van der Waals surface area (Å²) >= 11 is 0. The standard InChI is InChI=1S/C10H14N4O/c1-2-4-7(11)10-13-9(14-15-10)8-5-3-6-12-8/h3,5-7,12H,2,4,11H2,1H3/t7-/m1/s1. The Morgan fingerprint density at radius 2 is 2.47 bits per heavy atom. The molecule has 5 heteroatoms. The fraction of sp³-hybridized carbons (Fsp3) is 0.400. The Labute approximate surface area is 87.7 Å². The number of nitrogens with zero attached hydrogens (tertiary/aromatic N) is 2. The molecular weight excluding hydrogens is 192 g/mol. The molecule has 0 fully saturated rings. The topological polar surface area (TPSA) is 80.7 Å². The van der Waals surface area contributed by atoms with Crippen LogP contribution in [0.3, 0.4) is 0 Å². The van der Waals surface area contributed by atoms with E-state index < -0.39 is 0 Å². The number of nitrogens with two attached hydrogens (primary N) is 1. The number of hydrogen-bond donors (Lipinski definition) is 2. The Morgan fingerprint density at radius 1 is 1.60 bits per heavy atom. The van der Waals surface area contributed by atoms with Gasteiger partial charge in [0, 0.05) is 6.20 Å². The van der Waals surface area contributed by atoms with Crippen molar-refractivity contribution in [3.05, 3.63) is 24.2 Å². The van der Waals surface area contributed by atoms with Gasteiger partial charge in [0.1, 0.15) is 0 Å². The summed E-state index contributed by atoms with van der Waals surface area (Å²) in [5.74, 6) is 1.06. The van der Waals surface area contributed by atoms with Crippen LogP contribution in [0.15, 0.2) is 22.9 Å². The van der Waals surface area contributed by atoms with E-state index in [1.165, 1.54) is 0 Å². The Balaban J connectivity index is 2.17. The Hall–Kier alpha value is -1.62. The van der Waals surface area contributed by atoms with Crippen molar-refractivity contribution in [1.29, 1.82) is 0 Å². The Kier molecular flexibility index (Phi) is 2.82. The van der Waals surface area contributed by atoms with E-state index in [1.54, 1.807) is 0 Å². The van der Waals surface area contributed by atoms with E-state index in [2.05, 4.69) is 22.0 Å². The van der Waals surface area contributed by atoms with Gasteiger partial charge >= 0.3 is 0 Å². The average molecular weight is 206 g/mol. The quantitative estimate of drug-likeness (QED) is 0.800. The molecule has 0 aliphatic heterocycles. The van der Waals surface area contributed by atoms with Gasteiger partial charge in [-0.15, -0.1) is 0 Å². The monoisotopic (exact) mass is 206 g/mol. The SMILES string of the molecule is CCC[C@@H](N)c1nc(-c2ccc[nH]2)no1. The van der Waals surface area contributed by atoms with E-state index in [9.17, 15) is 0 Å². The second kappa shape index (κ2) is 4.27. The van der Waals surface area contributed by atoms with E-state index in [-0.39, 0.29) is 6.04 Å². The van der Waals surface area contributed by atoms with Crippen LogP contribution < -0.4 is 5.73 Å². The first-order valence-corrected chi connectivity index (χ1v) is 5.04. The van der Waals surface area contributed by atoms with Crippen LogP contribution in [0.2, 0.25) is 0 Å². The van der Waals surface area contributed by atoms with E-state index in [1.807, 2.05) is 18.3 Å². The summed E-state index contributed by atoms with van der Waals surface area (Å²) in [7, 11) is 0. The number of aromatic amines is 1. The third-order valence-electron chi connectivity index (χ3n) is 2.20. The van der Waals surface area contributed by atoms with Crippen LogP contribution in [-0.4, -0.2) is 15.1 Å². The van der Waals surface area contributed by atoms with Crippen LogP contribution >= 0.6 is 0 Å². The molecule has 0 aromatic carbocycles. The van der Waals surface area contributed by atoms with Gasteiger partial charge in [-0.1, -0.05) is 18.5 Å². The molecule has 0 aliphatic carbocycles. The van der Waals surface area contributed by atoms with Crippen LogP contribution in [-0.2, 0) is 0 Å². The lowest BCUT2D eigenvalue weighted by Crippen LogP contribution is -2.09. The average Bonchev–Trinajstić information content (AvgIpc) is 2.89. The summed E-state index contributed by atoms with van der Waals surface area (Å²) in [5, 5.41) is 3.86. The lowest BCUT2D eigenvalue weighted by Gasteiger charge is -2.01. The van der Waals surface area contributed by atoms with Crippen molar-refractivity contribution in [3.63, 3.8) is 0 Å². The van der Waals surface area contributed by atoms with Crippen molar-refractivity contribution >= 4 is 0 Å². The second-order valence-electron chi connectivity index (χ2n) is 3.44. The molecule has 0 aliphatic rings. The Morgan fingerprint density at radius 3 is 3.13 bits per heavy atom. The number of aromatic nitrogens is 3. The van der Waals surface area contributed by atoms with Crippen molar-refractivity contribution in [3.8, 4) is 11.5 Å². The highest BCUT2D eigenvalue weighted by Crippen LogP contribution is 2.18. The molecule has 0 amide bonds. The molecule has 0 saturated heterocycles. The van der Waals surface area contributed by atoms with E-state index in [0.717, 1.165) is 18.5 Å². The predicted molar refractivity (Wildman–Crippen MR) is 55.9 cm³/mol. The zero-order valence-corrected chi connectivity index (χ0v) is 8.60. The van der Waals surface area contributed by atoms with Crippen LogP contribution in [0.25, 0.3) is 11.5 Å². The highest BCUT2D eigenvalue weighted by Gasteiger charge is 2.14. The molecule has 0 radical (unpaired) electrons. The first kappa shape index (κ1) is 9.92. The van der Waals surface area contributed by atoms with Crippen LogP contribution in [0.4, 0.5) is 0 Å². The summed E-state index contributed by atoms with van der Waals surface area (Å²) in [5.41, 5.74) is 6.71. The number of H-pyrrole nitrogens is 1. The molecule has 1 atom stereocenters. The van der Waals surface area contributed by atoms with Gasteiger partial charge in [-0.25, -0.2) is 0 Å². The summed E-state index contributed by atoms with van der Waals surface area (Å²) in [6, 6.07) is 3.61. The molecule has 5 nitrogen and oxygen atoms in total. The van der Waals surface area contributed by atoms with Gasteiger partial charge in [-0.3, -0.25) is 0 Å². The van der Waals surface area contributed by atoms with Crippen LogP contribution in [0.5, 0.6) is 0 Å². The molecule has 0 saturated carbocycles. The molecule has 3 N–H and O–H groups in total. The van der Waals surface area contributed by atoms with Crippen molar-refractivity contribution in [2.24, 2.45) is 5.73 Å². The zero-order chi connectivity index (χ0) is 10.7. The molecule has 2 heterocycles. The minimum atomic E-state index is -0.161. The third-order valence-corrected chi connectivity index (χ3v) is 2.20. The smallest absolute Gasteiger partial charge is 0.243 e. The maximum absolute atomic E-state index is 5.87. The molecule has 15 heavy (non-hydrogen) atoms. The maximum atomic E-state index is 5.87. The van der Waals surface area contributed by atoms with Crippen molar-refractivity contribution in [1.82, 2.24) is 15.1 Å². The van der Waals surface area contributed by atoms with Gasteiger partial charge in [0.15, 0.2) is 0 Å². The van der Waals surface area contributed by atoms with Gasteiger partial charge in [0.05, 0.1) is 11.7 Å². The minimum absolute atomic E-state index is 0.161. The molecule has 0 spiro atoms. The van der Waals surface area contributed by atoms with Gasteiger partial charge in [-0.2, -0.15) is 4.98 Å². The highest BCUT2D eigenvalue weighted by atomic mass is 16.5. The molecular formula is C10H14N4O. The molecule has 0 bridgehead atoms. The van der Waals surface area contributed by atoms with Gasteiger partial charge < -0.3 is 15.2 Å². The van der Waals surface area contributed by atoms with E-state index >= 15 is 0 Å². The fourth-order valence-electron chi connectivity index (χ4n) is 1.40. The Bertz CT molecular complexity index is 407. The van der Waals surface area contributed by atoms with Gasteiger partial charge in [0.25, 0.3) is 0 Å². The van der Waals surface area contributed by atoms with Crippen molar-refractivity contribution in [2.75, 3.05) is 0 Å². The van der Waals surface area contributed by atoms with Gasteiger partial charge in [0.2, 0.25) is 11.7 Å².